The lowest BCUT2D eigenvalue weighted by atomic mass is 9.99. The third-order valence-electron chi connectivity index (χ3n) is 3.49. The van der Waals surface area contributed by atoms with Crippen LogP contribution >= 0.6 is 11.3 Å². The van der Waals surface area contributed by atoms with E-state index in [-0.39, 0.29) is 11.9 Å². The van der Waals surface area contributed by atoms with Crippen LogP contribution in [0.5, 0.6) is 0 Å². The van der Waals surface area contributed by atoms with E-state index in [2.05, 4.69) is 10.7 Å². The van der Waals surface area contributed by atoms with Gasteiger partial charge in [0.05, 0.1) is 5.92 Å². The summed E-state index contributed by atoms with van der Waals surface area (Å²) in [5.41, 5.74) is 1.21. The molecule has 1 aliphatic rings. The smallest absolute Gasteiger partial charge is 0.317 e. The lowest BCUT2D eigenvalue weighted by molar-refractivity contribution is -0.142. The molecule has 1 aromatic heterocycles. The molecule has 2 N–H and O–H groups in total. The Kier molecular flexibility index (Phi) is 4.42. The van der Waals surface area contributed by atoms with Crippen LogP contribution < -0.4 is 5.32 Å². The maximum Gasteiger partial charge on any atom is 0.317 e. The van der Waals surface area contributed by atoms with Crippen molar-refractivity contribution in [3.63, 3.8) is 0 Å². The molecule has 0 spiro atoms. The van der Waals surface area contributed by atoms with Gasteiger partial charge in [-0.1, -0.05) is 6.92 Å². The summed E-state index contributed by atoms with van der Waals surface area (Å²) >= 11 is 1.64. The van der Waals surface area contributed by atoms with E-state index in [1.165, 1.54) is 5.56 Å². The van der Waals surface area contributed by atoms with Crippen molar-refractivity contribution < 1.29 is 14.7 Å². The number of amides is 2. The fraction of sp³-hybridized carbons (Fsp3) is 0.538. The van der Waals surface area contributed by atoms with E-state index >= 15 is 0 Å². The third kappa shape index (κ3) is 3.47. The maximum absolute atomic E-state index is 11.9. The van der Waals surface area contributed by atoms with Gasteiger partial charge in [-0.15, -0.1) is 0 Å². The largest absolute Gasteiger partial charge is 0.481 e. The summed E-state index contributed by atoms with van der Waals surface area (Å²) in [5.74, 6) is -1.25. The van der Waals surface area contributed by atoms with Crippen molar-refractivity contribution in [1.82, 2.24) is 10.2 Å². The summed E-state index contributed by atoms with van der Waals surface area (Å²) < 4.78 is 0. The van der Waals surface area contributed by atoms with Crippen LogP contribution in [0.1, 0.15) is 12.5 Å². The lowest BCUT2D eigenvalue weighted by Gasteiger charge is -2.16. The van der Waals surface area contributed by atoms with Gasteiger partial charge < -0.3 is 15.3 Å². The molecule has 0 saturated carbocycles. The van der Waals surface area contributed by atoms with Gasteiger partial charge in [-0.2, -0.15) is 11.3 Å². The number of carbonyl (C=O) groups excluding carboxylic acids is 1. The summed E-state index contributed by atoms with van der Waals surface area (Å²) in [6, 6.07) is 1.88. The number of aliphatic carboxylic acids is 1. The minimum Gasteiger partial charge on any atom is -0.481 e. The van der Waals surface area contributed by atoms with E-state index in [1.807, 2.05) is 18.4 Å². The van der Waals surface area contributed by atoms with Crippen molar-refractivity contribution >= 4 is 23.3 Å². The van der Waals surface area contributed by atoms with E-state index in [4.69, 9.17) is 5.11 Å². The maximum atomic E-state index is 11.9. The van der Waals surface area contributed by atoms with Gasteiger partial charge in [-0.25, -0.2) is 4.79 Å². The Labute approximate surface area is 116 Å². The number of hydrogen-bond donors (Lipinski definition) is 2. The van der Waals surface area contributed by atoms with Crippen molar-refractivity contribution in [3.8, 4) is 0 Å². The van der Waals surface area contributed by atoms with Gasteiger partial charge in [-0.05, 0) is 34.7 Å². The number of rotatable bonds is 4. The number of carbonyl (C=O) groups is 2. The number of urea groups is 1. The fourth-order valence-corrected chi connectivity index (χ4v) is 3.02. The molecule has 0 aliphatic carbocycles. The standard InChI is InChI=1S/C13H18N2O3S/c1-9-6-15(7-11(9)12(16)17)13(18)14-4-2-10-3-5-19-8-10/h3,5,8-9,11H,2,4,6-7H2,1H3,(H,14,18)(H,16,17). The quantitative estimate of drug-likeness (QED) is 0.882. The van der Waals surface area contributed by atoms with Crippen LogP contribution in [0.3, 0.4) is 0 Å². The zero-order valence-corrected chi connectivity index (χ0v) is 11.7. The van der Waals surface area contributed by atoms with Crippen LogP contribution in [-0.2, 0) is 11.2 Å². The minimum absolute atomic E-state index is 0.0140. The predicted molar refractivity (Wildman–Crippen MR) is 73.3 cm³/mol. The second-order valence-corrected chi connectivity index (χ2v) is 5.72. The highest BCUT2D eigenvalue weighted by molar-refractivity contribution is 7.07. The number of hydrogen-bond acceptors (Lipinski definition) is 3. The number of carboxylic acid groups (broad SMARTS) is 1. The summed E-state index contributed by atoms with van der Waals surface area (Å²) in [7, 11) is 0. The van der Waals surface area contributed by atoms with E-state index in [0.29, 0.717) is 19.6 Å². The normalized spacial score (nSPS) is 22.5. The van der Waals surface area contributed by atoms with Crippen molar-refractivity contribution in [3.05, 3.63) is 22.4 Å². The topological polar surface area (TPSA) is 69.6 Å². The van der Waals surface area contributed by atoms with Gasteiger partial charge in [0.1, 0.15) is 0 Å². The summed E-state index contributed by atoms with van der Waals surface area (Å²) in [6.45, 7) is 3.28. The fourth-order valence-electron chi connectivity index (χ4n) is 2.31. The van der Waals surface area contributed by atoms with Crippen molar-refractivity contribution in [2.24, 2.45) is 11.8 Å². The Morgan fingerprint density at radius 3 is 2.89 bits per heavy atom. The second kappa shape index (κ2) is 6.06. The molecule has 2 rings (SSSR count). The third-order valence-corrected chi connectivity index (χ3v) is 4.22. The molecule has 1 fully saturated rings. The van der Waals surface area contributed by atoms with Crippen molar-refractivity contribution in [2.75, 3.05) is 19.6 Å². The SMILES string of the molecule is CC1CN(C(=O)NCCc2ccsc2)CC1C(=O)O. The Morgan fingerprint density at radius 1 is 1.53 bits per heavy atom. The zero-order chi connectivity index (χ0) is 13.8. The Hall–Kier alpha value is -1.56. The van der Waals surface area contributed by atoms with Crippen molar-refractivity contribution in [1.29, 1.82) is 0 Å². The molecule has 19 heavy (non-hydrogen) atoms. The van der Waals surface area contributed by atoms with Gasteiger partial charge in [0, 0.05) is 19.6 Å². The van der Waals surface area contributed by atoms with E-state index in [1.54, 1.807) is 16.2 Å². The minimum atomic E-state index is -0.818. The molecule has 104 valence electrons. The Bertz CT molecular complexity index is 447. The molecule has 2 atom stereocenters. The average Bonchev–Trinajstić information content (AvgIpc) is 2.98. The highest BCUT2D eigenvalue weighted by Crippen LogP contribution is 2.22. The summed E-state index contributed by atoms with van der Waals surface area (Å²) in [4.78, 5) is 24.5. The van der Waals surface area contributed by atoms with Crippen LogP contribution in [0.15, 0.2) is 16.8 Å². The van der Waals surface area contributed by atoms with E-state index in [0.717, 1.165) is 6.42 Å². The van der Waals surface area contributed by atoms with E-state index in [9.17, 15) is 9.59 Å². The molecule has 1 aliphatic heterocycles. The molecular formula is C13H18N2O3S. The monoisotopic (exact) mass is 282 g/mol. The second-order valence-electron chi connectivity index (χ2n) is 4.94. The van der Waals surface area contributed by atoms with Crippen LogP contribution in [0.2, 0.25) is 0 Å². The highest BCUT2D eigenvalue weighted by atomic mass is 32.1. The first-order chi connectivity index (χ1) is 9.08. The Morgan fingerprint density at radius 2 is 2.32 bits per heavy atom. The van der Waals surface area contributed by atoms with Gasteiger partial charge in [0.15, 0.2) is 0 Å². The van der Waals surface area contributed by atoms with Crippen LogP contribution in [0.4, 0.5) is 4.79 Å². The summed E-state index contributed by atoms with van der Waals surface area (Å²) in [6.07, 6.45) is 0.807. The Balaban J connectivity index is 1.76. The van der Waals surface area contributed by atoms with Crippen LogP contribution in [0, 0.1) is 11.8 Å². The summed E-state index contributed by atoms with van der Waals surface area (Å²) in [5, 5.41) is 15.9. The predicted octanol–water partition coefficient (Wildman–Crippen LogP) is 1.65. The molecule has 6 heteroatoms. The number of thiophene rings is 1. The molecule has 0 bridgehead atoms. The average molecular weight is 282 g/mol. The highest BCUT2D eigenvalue weighted by Gasteiger charge is 2.36. The number of nitrogens with zero attached hydrogens (tertiary/aromatic N) is 1. The van der Waals surface area contributed by atoms with Gasteiger partial charge in [0.2, 0.25) is 0 Å². The molecular weight excluding hydrogens is 264 g/mol. The van der Waals surface area contributed by atoms with Gasteiger partial charge >= 0.3 is 12.0 Å². The first kappa shape index (κ1) is 13.9. The molecule has 2 unspecified atom stereocenters. The first-order valence-electron chi connectivity index (χ1n) is 6.34. The zero-order valence-electron chi connectivity index (χ0n) is 10.8. The molecule has 1 aromatic rings. The molecule has 0 radical (unpaired) electrons. The molecule has 0 aromatic carbocycles. The molecule has 5 nitrogen and oxygen atoms in total. The van der Waals surface area contributed by atoms with Crippen molar-refractivity contribution in [2.45, 2.75) is 13.3 Å². The number of carboxylic acids is 1. The van der Waals surface area contributed by atoms with Crippen LogP contribution in [-0.4, -0.2) is 41.6 Å². The first-order valence-corrected chi connectivity index (χ1v) is 7.29. The lowest BCUT2D eigenvalue weighted by Crippen LogP contribution is -2.39. The number of nitrogens with one attached hydrogen (secondary N) is 1. The molecule has 2 heterocycles. The van der Waals surface area contributed by atoms with Crippen LogP contribution in [0.25, 0.3) is 0 Å². The molecule has 2 amide bonds. The van der Waals surface area contributed by atoms with Gasteiger partial charge in [0.25, 0.3) is 0 Å². The van der Waals surface area contributed by atoms with E-state index < -0.39 is 11.9 Å². The molecule has 1 saturated heterocycles. The van der Waals surface area contributed by atoms with Gasteiger partial charge in [-0.3, -0.25) is 4.79 Å². The number of likely N-dealkylation sites (tertiary alicyclic amines) is 1.